The molecule has 0 spiro atoms. The number of amides is 4. The van der Waals surface area contributed by atoms with Gasteiger partial charge in [0, 0.05) is 16.1 Å². The standard InChI is InChI=1S/C23H11BrCl2N4O8/c24-12-1-5-19(38-20-6-3-14(29(34)35)10-18(20)30(36)37)11(7-12)8-15-21(31)27-23(33)28(22(15)32)13-2-4-16(25)17(26)9-13/h1-10H,(H,27,31,33)/b15-8+. The summed E-state index contributed by atoms with van der Waals surface area (Å²) >= 11 is 15.2. The smallest absolute Gasteiger partial charge is 0.335 e. The van der Waals surface area contributed by atoms with E-state index >= 15 is 0 Å². The molecule has 3 aromatic carbocycles. The van der Waals surface area contributed by atoms with Crippen molar-refractivity contribution in [3.05, 3.63) is 100 Å². The quantitative estimate of drug-likeness (QED) is 0.151. The molecule has 0 bridgehead atoms. The van der Waals surface area contributed by atoms with Gasteiger partial charge < -0.3 is 4.74 Å². The number of carbonyl (C=O) groups is 3. The van der Waals surface area contributed by atoms with E-state index in [1.807, 2.05) is 0 Å². The van der Waals surface area contributed by atoms with Crippen molar-refractivity contribution in [2.45, 2.75) is 0 Å². The Labute approximate surface area is 230 Å². The Bertz CT molecular complexity index is 1590. The van der Waals surface area contributed by atoms with Gasteiger partial charge in [0.05, 0.1) is 31.6 Å². The van der Waals surface area contributed by atoms with E-state index in [0.29, 0.717) is 9.37 Å². The van der Waals surface area contributed by atoms with Gasteiger partial charge in [-0.05, 0) is 48.5 Å². The van der Waals surface area contributed by atoms with Crippen molar-refractivity contribution in [2.75, 3.05) is 4.90 Å². The van der Waals surface area contributed by atoms with Crippen molar-refractivity contribution in [1.29, 1.82) is 0 Å². The zero-order valence-corrected chi connectivity index (χ0v) is 21.6. The van der Waals surface area contributed by atoms with Gasteiger partial charge in [0.15, 0.2) is 0 Å². The molecule has 4 amide bonds. The minimum absolute atomic E-state index is 0.0313. The maximum absolute atomic E-state index is 13.2. The van der Waals surface area contributed by atoms with Crippen LogP contribution in [0.1, 0.15) is 5.56 Å². The van der Waals surface area contributed by atoms with Crippen LogP contribution in [0.25, 0.3) is 6.08 Å². The third-order valence-corrected chi connectivity index (χ3v) is 6.34. The zero-order valence-electron chi connectivity index (χ0n) is 18.5. The van der Waals surface area contributed by atoms with E-state index in [2.05, 4.69) is 21.2 Å². The number of anilines is 1. The summed E-state index contributed by atoms with van der Waals surface area (Å²) in [6, 6.07) is 10.2. The van der Waals surface area contributed by atoms with Crippen LogP contribution in [-0.2, 0) is 9.59 Å². The second-order valence-electron chi connectivity index (χ2n) is 7.51. The van der Waals surface area contributed by atoms with Crippen LogP contribution in [0.4, 0.5) is 21.9 Å². The lowest BCUT2D eigenvalue weighted by Gasteiger charge is -2.26. The lowest BCUT2D eigenvalue weighted by atomic mass is 10.1. The molecule has 1 N–H and O–H groups in total. The molecule has 15 heteroatoms. The minimum atomic E-state index is -1.01. The van der Waals surface area contributed by atoms with Crippen molar-refractivity contribution < 1.29 is 29.0 Å². The second-order valence-corrected chi connectivity index (χ2v) is 9.24. The van der Waals surface area contributed by atoms with Crippen LogP contribution in [0.2, 0.25) is 10.0 Å². The van der Waals surface area contributed by atoms with Crippen LogP contribution < -0.4 is 15.0 Å². The molecule has 0 aromatic heterocycles. The fourth-order valence-corrected chi connectivity index (χ4v) is 4.03. The molecule has 12 nitrogen and oxygen atoms in total. The highest BCUT2D eigenvalue weighted by Gasteiger charge is 2.37. The van der Waals surface area contributed by atoms with Crippen molar-refractivity contribution >= 4 is 80.1 Å². The van der Waals surface area contributed by atoms with E-state index < -0.39 is 44.6 Å². The van der Waals surface area contributed by atoms with E-state index in [1.54, 1.807) is 0 Å². The van der Waals surface area contributed by atoms with Gasteiger partial charge in [-0.1, -0.05) is 39.1 Å². The van der Waals surface area contributed by atoms with Crippen LogP contribution in [0, 0.1) is 20.2 Å². The molecule has 192 valence electrons. The highest BCUT2D eigenvalue weighted by atomic mass is 79.9. The number of nitro benzene ring substituents is 2. The van der Waals surface area contributed by atoms with E-state index in [-0.39, 0.29) is 32.8 Å². The summed E-state index contributed by atoms with van der Waals surface area (Å²) in [5.41, 5.74) is -1.49. The van der Waals surface area contributed by atoms with Gasteiger partial charge in [0.1, 0.15) is 11.3 Å². The lowest BCUT2D eigenvalue weighted by Crippen LogP contribution is -2.54. The predicted octanol–water partition coefficient (Wildman–Crippen LogP) is 6.03. The minimum Gasteiger partial charge on any atom is -0.449 e. The first-order chi connectivity index (χ1) is 18.0. The van der Waals surface area contributed by atoms with Crippen LogP contribution in [0.15, 0.2) is 64.6 Å². The van der Waals surface area contributed by atoms with Crippen molar-refractivity contribution in [1.82, 2.24) is 5.32 Å². The summed E-state index contributed by atoms with van der Waals surface area (Å²) in [5, 5.41) is 24.8. The first-order valence-electron chi connectivity index (χ1n) is 10.2. The fraction of sp³-hybridized carbons (Fsp3) is 0. The molecule has 38 heavy (non-hydrogen) atoms. The highest BCUT2D eigenvalue weighted by Crippen LogP contribution is 2.37. The van der Waals surface area contributed by atoms with E-state index in [9.17, 15) is 34.6 Å². The number of halogens is 3. The van der Waals surface area contributed by atoms with Gasteiger partial charge in [-0.25, -0.2) is 9.69 Å². The Morgan fingerprint density at radius 2 is 1.61 bits per heavy atom. The largest absolute Gasteiger partial charge is 0.449 e. The number of benzene rings is 3. The number of barbiturate groups is 1. The van der Waals surface area contributed by atoms with Crippen LogP contribution in [0.3, 0.4) is 0 Å². The van der Waals surface area contributed by atoms with Crippen molar-refractivity contribution in [3.8, 4) is 11.5 Å². The summed E-state index contributed by atoms with van der Waals surface area (Å²) in [6.07, 6.45) is 1.13. The molecule has 0 aliphatic carbocycles. The maximum atomic E-state index is 13.2. The number of nitrogens with one attached hydrogen (secondary N) is 1. The zero-order chi connectivity index (χ0) is 27.7. The second kappa shape index (κ2) is 10.6. The van der Waals surface area contributed by atoms with Crippen LogP contribution in [0.5, 0.6) is 11.5 Å². The number of nitro groups is 2. The molecule has 1 saturated heterocycles. The lowest BCUT2D eigenvalue weighted by molar-refractivity contribution is -0.394. The molecule has 0 unspecified atom stereocenters. The molecular weight excluding hydrogens is 611 g/mol. The number of ether oxygens (including phenoxy) is 1. The normalized spacial score (nSPS) is 14.4. The van der Waals surface area contributed by atoms with Crippen LogP contribution in [-0.4, -0.2) is 27.7 Å². The number of urea groups is 1. The Morgan fingerprint density at radius 1 is 0.895 bits per heavy atom. The Kier molecular flexibility index (Phi) is 7.44. The van der Waals surface area contributed by atoms with Gasteiger partial charge in [-0.2, -0.15) is 0 Å². The topological polar surface area (TPSA) is 162 Å². The van der Waals surface area contributed by atoms with Gasteiger partial charge in [-0.3, -0.25) is 35.1 Å². The summed E-state index contributed by atoms with van der Waals surface area (Å²) in [7, 11) is 0. The molecule has 1 heterocycles. The van der Waals surface area contributed by atoms with Gasteiger partial charge in [0.25, 0.3) is 17.5 Å². The van der Waals surface area contributed by atoms with E-state index in [1.165, 1.54) is 36.4 Å². The first kappa shape index (κ1) is 26.7. The molecule has 1 aliphatic rings. The fourth-order valence-electron chi connectivity index (χ4n) is 3.36. The van der Waals surface area contributed by atoms with Gasteiger partial charge in [-0.15, -0.1) is 0 Å². The number of imide groups is 2. The summed E-state index contributed by atoms with van der Waals surface area (Å²) in [4.78, 5) is 59.9. The number of hydrogen-bond donors (Lipinski definition) is 1. The summed E-state index contributed by atoms with van der Waals surface area (Å²) in [6.45, 7) is 0. The monoisotopic (exact) mass is 620 g/mol. The molecule has 0 atom stereocenters. The molecule has 0 saturated carbocycles. The van der Waals surface area contributed by atoms with E-state index in [0.717, 1.165) is 24.3 Å². The molecule has 3 aromatic rings. The highest BCUT2D eigenvalue weighted by molar-refractivity contribution is 9.10. The molecular formula is C23H11BrCl2N4O8. The molecule has 4 rings (SSSR count). The summed E-state index contributed by atoms with van der Waals surface area (Å²) in [5.74, 6) is -2.33. The predicted molar refractivity (Wildman–Crippen MR) is 139 cm³/mol. The SMILES string of the molecule is O=C1NC(=O)N(c2ccc(Cl)c(Cl)c2)C(=O)/C1=C/c1cc(Br)ccc1Oc1ccc([N+](=O)[O-])cc1[N+](=O)[O-]. The number of rotatable bonds is 6. The van der Waals surface area contributed by atoms with Gasteiger partial charge in [0.2, 0.25) is 5.75 Å². The number of non-ortho nitro benzene ring substituents is 1. The Balaban J connectivity index is 1.77. The Hall–Kier alpha value is -4.33. The number of hydrogen-bond acceptors (Lipinski definition) is 8. The first-order valence-corrected chi connectivity index (χ1v) is 11.8. The third kappa shape index (κ3) is 5.34. The van der Waals surface area contributed by atoms with Gasteiger partial charge >= 0.3 is 11.7 Å². The van der Waals surface area contributed by atoms with Crippen LogP contribution >= 0.6 is 39.1 Å². The molecule has 1 fully saturated rings. The molecule has 0 radical (unpaired) electrons. The number of nitrogens with zero attached hydrogens (tertiary/aromatic N) is 3. The average Bonchev–Trinajstić information content (AvgIpc) is 2.85. The van der Waals surface area contributed by atoms with Crippen molar-refractivity contribution in [3.63, 3.8) is 0 Å². The number of carbonyl (C=O) groups excluding carboxylic acids is 3. The Morgan fingerprint density at radius 3 is 2.26 bits per heavy atom. The average molecular weight is 622 g/mol. The summed E-state index contributed by atoms with van der Waals surface area (Å²) < 4.78 is 6.18. The third-order valence-electron chi connectivity index (χ3n) is 5.10. The van der Waals surface area contributed by atoms with E-state index in [4.69, 9.17) is 27.9 Å². The van der Waals surface area contributed by atoms with Crippen molar-refractivity contribution in [2.24, 2.45) is 0 Å². The maximum Gasteiger partial charge on any atom is 0.335 e. The molecule has 1 aliphatic heterocycles.